The maximum atomic E-state index is 12.4. The first kappa shape index (κ1) is 23.6. The van der Waals surface area contributed by atoms with E-state index in [-0.39, 0.29) is 35.9 Å². The number of aliphatic imine (C=N–C) groups is 1. The summed E-state index contributed by atoms with van der Waals surface area (Å²) in [5.41, 5.74) is 2.76. The Morgan fingerprint density at radius 2 is 1.88 bits per heavy atom. The molecule has 1 aliphatic rings. The number of hydrogen-bond acceptors (Lipinski definition) is 4. The van der Waals surface area contributed by atoms with Gasteiger partial charge in [0.15, 0.2) is 5.96 Å². The van der Waals surface area contributed by atoms with Crippen LogP contribution in [0.15, 0.2) is 71.9 Å². The minimum Gasteiger partial charge on any atom is -0.497 e. The van der Waals surface area contributed by atoms with Gasteiger partial charge in [0.25, 0.3) is 0 Å². The van der Waals surface area contributed by atoms with E-state index >= 15 is 0 Å². The predicted octanol–water partition coefficient (Wildman–Crippen LogP) is 2.97. The molecule has 168 valence electrons. The molecule has 4 rings (SSSR count). The topological polar surface area (TPSA) is 83.8 Å². The summed E-state index contributed by atoms with van der Waals surface area (Å²) in [5, 5.41) is 11.2. The van der Waals surface area contributed by atoms with Gasteiger partial charge in [-0.25, -0.2) is 4.68 Å². The summed E-state index contributed by atoms with van der Waals surface area (Å²) in [6.45, 7) is 1.13. The Labute approximate surface area is 204 Å². The molecule has 8 nitrogen and oxygen atoms in total. The monoisotopic (exact) mass is 546 g/mol. The van der Waals surface area contributed by atoms with E-state index in [0.29, 0.717) is 25.5 Å². The Bertz CT molecular complexity index is 1050. The van der Waals surface area contributed by atoms with E-state index in [1.165, 1.54) is 0 Å². The number of anilines is 1. The third-order valence-electron chi connectivity index (χ3n) is 5.18. The molecular formula is C23H27IN6O2. The third kappa shape index (κ3) is 5.58. The molecule has 9 heteroatoms. The smallest absolute Gasteiger partial charge is 0.229 e. The van der Waals surface area contributed by atoms with Gasteiger partial charge in [-0.2, -0.15) is 5.10 Å². The molecule has 1 amide bonds. The molecule has 1 atom stereocenters. The second kappa shape index (κ2) is 11.0. The van der Waals surface area contributed by atoms with Crippen molar-refractivity contribution in [3.63, 3.8) is 0 Å². The van der Waals surface area contributed by atoms with Crippen LogP contribution in [0.5, 0.6) is 5.75 Å². The van der Waals surface area contributed by atoms with Crippen LogP contribution in [-0.4, -0.2) is 48.4 Å². The number of carbonyl (C=O) groups excluding carboxylic acids is 1. The van der Waals surface area contributed by atoms with Crippen LogP contribution >= 0.6 is 24.0 Å². The van der Waals surface area contributed by atoms with E-state index < -0.39 is 0 Å². The summed E-state index contributed by atoms with van der Waals surface area (Å²) in [6, 6.07) is 19.4. The number of nitrogens with zero attached hydrogens (tertiary/aromatic N) is 4. The fraction of sp³-hybridized carbons (Fsp3) is 0.261. The van der Waals surface area contributed by atoms with Gasteiger partial charge in [0, 0.05) is 31.9 Å². The molecule has 32 heavy (non-hydrogen) atoms. The summed E-state index contributed by atoms with van der Waals surface area (Å²) in [4.78, 5) is 18.5. The van der Waals surface area contributed by atoms with Crippen LogP contribution in [0.2, 0.25) is 0 Å². The van der Waals surface area contributed by atoms with Crippen molar-refractivity contribution in [2.24, 2.45) is 4.99 Å². The largest absolute Gasteiger partial charge is 0.497 e. The van der Waals surface area contributed by atoms with Gasteiger partial charge in [-0.3, -0.25) is 9.79 Å². The van der Waals surface area contributed by atoms with Gasteiger partial charge < -0.3 is 20.3 Å². The van der Waals surface area contributed by atoms with Crippen molar-refractivity contribution in [1.29, 1.82) is 0 Å². The van der Waals surface area contributed by atoms with Crippen molar-refractivity contribution in [1.82, 2.24) is 20.4 Å². The van der Waals surface area contributed by atoms with Crippen molar-refractivity contribution >= 4 is 41.5 Å². The van der Waals surface area contributed by atoms with Gasteiger partial charge in [-0.1, -0.05) is 18.2 Å². The number of hydrogen-bond donors (Lipinski definition) is 2. The lowest BCUT2D eigenvalue weighted by molar-refractivity contribution is -0.117. The van der Waals surface area contributed by atoms with Crippen LogP contribution in [0.1, 0.15) is 12.1 Å². The van der Waals surface area contributed by atoms with Crippen molar-refractivity contribution in [3.8, 4) is 11.4 Å². The van der Waals surface area contributed by atoms with Gasteiger partial charge in [-0.05, 0) is 42.5 Å². The van der Waals surface area contributed by atoms with Crippen LogP contribution in [0.3, 0.4) is 0 Å². The molecule has 0 saturated carbocycles. The van der Waals surface area contributed by atoms with Crippen LogP contribution in [0.4, 0.5) is 5.69 Å². The second-order valence-corrected chi connectivity index (χ2v) is 7.26. The van der Waals surface area contributed by atoms with Crippen LogP contribution < -0.4 is 20.3 Å². The van der Waals surface area contributed by atoms with Gasteiger partial charge in [0.05, 0.1) is 31.1 Å². The minimum atomic E-state index is -0.00392. The number of rotatable bonds is 6. The van der Waals surface area contributed by atoms with E-state index in [1.54, 1.807) is 14.2 Å². The van der Waals surface area contributed by atoms with Crippen LogP contribution in [-0.2, 0) is 11.3 Å². The number of aromatic nitrogens is 2. The second-order valence-electron chi connectivity index (χ2n) is 7.26. The molecule has 1 unspecified atom stereocenters. The van der Waals surface area contributed by atoms with E-state index in [1.807, 2.05) is 76.4 Å². The molecule has 0 bridgehead atoms. The number of amides is 1. The van der Waals surface area contributed by atoms with E-state index in [4.69, 9.17) is 4.74 Å². The van der Waals surface area contributed by atoms with Crippen molar-refractivity contribution in [2.45, 2.75) is 19.0 Å². The normalized spacial score (nSPS) is 15.9. The summed E-state index contributed by atoms with van der Waals surface area (Å²) >= 11 is 0. The highest BCUT2D eigenvalue weighted by Crippen LogP contribution is 2.21. The molecule has 2 heterocycles. The number of halogens is 1. The molecule has 0 radical (unpaired) electrons. The zero-order valence-electron chi connectivity index (χ0n) is 18.1. The van der Waals surface area contributed by atoms with Gasteiger partial charge >= 0.3 is 0 Å². The summed E-state index contributed by atoms with van der Waals surface area (Å²) in [6.07, 6.45) is 2.35. The van der Waals surface area contributed by atoms with Crippen molar-refractivity contribution in [3.05, 3.63) is 72.6 Å². The molecule has 2 aromatic carbocycles. The lowest BCUT2D eigenvalue weighted by Gasteiger charge is -2.18. The molecule has 1 saturated heterocycles. The first-order valence-electron chi connectivity index (χ1n) is 10.2. The molecule has 1 fully saturated rings. The number of carbonyl (C=O) groups is 1. The fourth-order valence-corrected chi connectivity index (χ4v) is 3.56. The zero-order valence-corrected chi connectivity index (χ0v) is 20.4. The number of para-hydroxylation sites is 1. The average Bonchev–Trinajstić information content (AvgIpc) is 3.43. The Hall–Kier alpha value is -3.08. The average molecular weight is 546 g/mol. The first-order chi connectivity index (χ1) is 15.2. The number of methoxy groups -OCH3 is 1. The van der Waals surface area contributed by atoms with Crippen molar-refractivity contribution < 1.29 is 9.53 Å². The van der Waals surface area contributed by atoms with Crippen molar-refractivity contribution in [2.75, 3.05) is 25.6 Å². The molecule has 2 N–H and O–H groups in total. The maximum Gasteiger partial charge on any atom is 0.229 e. The first-order valence-corrected chi connectivity index (χ1v) is 10.2. The predicted molar refractivity (Wildman–Crippen MR) is 136 cm³/mol. The highest BCUT2D eigenvalue weighted by molar-refractivity contribution is 14.0. The highest BCUT2D eigenvalue weighted by Gasteiger charge is 2.31. The van der Waals surface area contributed by atoms with Gasteiger partial charge in [0.1, 0.15) is 5.75 Å². The van der Waals surface area contributed by atoms with Gasteiger partial charge in [-0.15, -0.1) is 24.0 Å². The van der Waals surface area contributed by atoms with Crippen LogP contribution in [0, 0.1) is 0 Å². The molecular weight excluding hydrogens is 519 g/mol. The highest BCUT2D eigenvalue weighted by atomic mass is 127. The maximum absolute atomic E-state index is 12.4. The van der Waals surface area contributed by atoms with E-state index in [2.05, 4.69) is 20.7 Å². The number of guanidine groups is 1. The molecule has 3 aromatic rings. The Balaban J connectivity index is 0.00000289. The van der Waals surface area contributed by atoms with E-state index in [9.17, 15) is 4.79 Å². The molecule has 1 aliphatic heterocycles. The molecule has 1 aromatic heterocycles. The lowest BCUT2D eigenvalue weighted by atomic mass is 10.2. The number of benzene rings is 2. The molecule has 0 spiro atoms. The number of nitrogens with one attached hydrogen (secondary N) is 2. The molecule has 0 aliphatic carbocycles. The SMILES string of the molecule is CN=C(NCc1ccn(-c2ccc(OC)cc2)n1)NC1CC(=O)N(c2ccccc2)C1.I. The zero-order chi connectivity index (χ0) is 21.6. The fourth-order valence-electron chi connectivity index (χ4n) is 3.56. The number of ether oxygens (including phenoxy) is 1. The van der Waals surface area contributed by atoms with E-state index in [0.717, 1.165) is 22.8 Å². The third-order valence-corrected chi connectivity index (χ3v) is 5.18. The minimum absolute atomic E-state index is 0. The lowest BCUT2D eigenvalue weighted by Crippen LogP contribution is -2.44. The Morgan fingerprint density at radius 3 is 2.56 bits per heavy atom. The Kier molecular flexibility index (Phi) is 8.09. The summed E-state index contributed by atoms with van der Waals surface area (Å²) in [7, 11) is 3.37. The summed E-state index contributed by atoms with van der Waals surface area (Å²) < 4.78 is 7.02. The quantitative estimate of drug-likeness (QED) is 0.282. The summed E-state index contributed by atoms with van der Waals surface area (Å²) in [5.74, 6) is 1.56. The van der Waals surface area contributed by atoms with Gasteiger partial charge in [0.2, 0.25) is 5.91 Å². The standard InChI is InChI=1S/C23H26N6O2.HI/c1-24-23(26-18-14-22(30)28(16-18)19-6-4-3-5-7-19)25-15-17-12-13-29(27-17)20-8-10-21(31-2)11-9-20;/h3-13,18H,14-16H2,1-2H3,(H2,24,25,26);1H. The Morgan fingerprint density at radius 1 is 1.12 bits per heavy atom. The van der Waals surface area contributed by atoms with Crippen LogP contribution in [0.25, 0.3) is 5.69 Å².